The van der Waals surface area contributed by atoms with E-state index in [4.69, 9.17) is 10.5 Å². The van der Waals surface area contributed by atoms with E-state index in [1.165, 1.54) is 0 Å². The highest BCUT2D eigenvalue weighted by molar-refractivity contribution is 5.87. The van der Waals surface area contributed by atoms with E-state index < -0.39 is 6.04 Å². The maximum absolute atomic E-state index is 12.1. The van der Waals surface area contributed by atoms with E-state index in [1.54, 1.807) is 11.8 Å². The van der Waals surface area contributed by atoms with Crippen LogP contribution in [0.25, 0.3) is 0 Å². The lowest BCUT2D eigenvalue weighted by molar-refractivity contribution is -0.139. The summed E-state index contributed by atoms with van der Waals surface area (Å²) in [5.74, 6) is -0.212. The van der Waals surface area contributed by atoms with E-state index >= 15 is 0 Å². The smallest absolute Gasteiger partial charge is 0.245 e. The molecular formula is C13H25N3O3. The Balaban J connectivity index is 2.34. The van der Waals surface area contributed by atoms with Gasteiger partial charge in [0, 0.05) is 25.6 Å². The molecule has 0 aromatic rings. The number of morpholine rings is 1. The van der Waals surface area contributed by atoms with E-state index in [1.807, 2.05) is 6.92 Å². The first-order chi connectivity index (χ1) is 9.04. The maximum atomic E-state index is 12.1. The molecule has 0 aliphatic carbocycles. The second-order valence-electron chi connectivity index (χ2n) is 4.98. The average molecular weight is 271 g/mol. The monoisotopic (exact) mass is 271 g/mol. The summed E-state index contributed by atoms with van der Waals surface area (Å²) < 4.78 is 5.19. The number of amides is 2. The Morgan fingerprint density at radius 1 is 1.37 bits per heavy atom. The van der Waals surface area contributed by atoms with Crippen LogP contribution in [0.2, 0.25) is 0 Å². The normalized spacial score (nSPS) is 18.8. The number of hydrogen-bond acceptors (Lipinski definition) is 4. The molecule has 0 bridgehead atoms. The summed E-state index contributed by atoms with van der Waals surface area (Å²) in [7, 11) is 0. The van der Waals surface area contributed by atoms with Gasteiger partial charge >= 0.3 is 0 Å². The number of carbonyl (C=O) groups excluding carboxylic acids is 2. The van der Waals surface area contributed by atoms with Gasteiger partial charge in [-0.05, 0) is 13.3 Å². The molecule has 2 amide bonds. The second kappa shape index (κ2) is 8.12. The standard InChI is InChI=1S/C13H25N3O3/c1-3-4-11(14)9-12(17)15-10(2)13(18)16-5-7-19-8-6-16/h10-11H,3-9,14H2,1-2H3,(H,15,17). The minimum absolute atomic E-state index is 0.0549. The highest BCUT2D eigenvalue weighted by Crippen LogP contribution is 2.02. The Kier molecular flexibility index (Phi) is 6.80. The third-order valence-corrected chi connectivity index (χ3v) is 3.18. The van der Waals surface area contributed by atoms with Crippen LogP contribution >= 0.6 is 0 Å². The van der Waals surface area contributed by atoms with Crippen molar-refractivity contribution in [2.45, 2.75) is 45.2 Å². The van der Waals surface area contributed by atoms with Crippen LogP contribution in [0.1, 0.15) is 33.1 Å². The summed E-state index contributed by atoms with van der Waals surface area (Å²) in [5, 5.41) is 2.72. The predicted molar refractivity (Wildman–Crippen MR) is 72.5 cm³/mol. The summed E-state index contributed by atoms with van der Waals surface area (Å²) in [6.07, 6.45) is 2.05. The Labute approximate surface area is 114 Å². The number of ether oxygens (including phenoxy) is 1. The largest absolute Gasteiger partial charge is 0.378 e. The topological polar surface area (TPSA) is 84.7 Å². The van der Waals surface area contributed by atoms with Crippen LogP contribution in [0.5, 0.6) is 0 Å². The fourth-order valence-corrected chi connectivity index (χ4v) is 2.13. The minimum atomic E-state index is -0.501. The van der Waals surface area contributed by atoms with Gasteiger partial charge in [0.15, 0.2) is 0 Å². The zero-order valence-corrected chi connectivity index (χ0v) is 11.9. The molecule has 1 aliphatic heterocycles. The molecule has 0 saturated carbocycles. The van der Waals surface area contributed by atoms with Gasteiger partial charge in [0.1, 0.15) is 6.04 Å². The van der Waals surface area contributed by atoms with Crippen LogP contribution in [0.3, 0.4) is 0 Å². The van der Waals surface area contributed by atoms with Crippen molar-refractivity contribution in [1.82, 2.24) is 10.2 Å². The number of hydrogen-bond donors (Lipinski definition) is 2. The second-order valence-corrected chi connectivity index (χ2v) is 4.98. The SMILES string of the molecule is CCCC(N)CC(=O)NC(C)C(=O)N1CCOCC1. The Bertz CT molecular complexity index is 304. The van der Waals surface area contributed by atoms with Crippen LogP contribution in [0.4, 0.5) is 0 Å². The molecule has 0 spiro atoms. The first-order valence-corrected chi connectivity index (χ1v) is 6.96. The van der Waals surface area contributed by atoms with Gasteiger partial charge in [-0.2, -0.15) is 0 Å². The molecule has 1 fully saturated rings. The zero-order chi connectivity index (χ0) is 14.3. The molecule has 6 heteroatoms. The van der Waals surface area contributed by atoms with Crippen LogP contribution in [0.15, 0.2) is 0 Å². The molecule has 1 aliphatic rings. The van der Waals surface area contributed by atoms with Gasteiger partial charge in [0.25, 0.3) is 0 Å². The Morgan fingerprint density at radius 3 is 2.58 bits per heavy atom. The number of carbonyl (C=O) groups is 2. The first-order valence-electron chi connectivity index (χ1n) is 6.96. The fraction of sp³-hybridized carbons (Fsp3) is 0.846. The molecule has 0 aromatic heterocycles. The van der Waals surface area contributed by atoms with Crippen LogP contribution in [0, 0.1) is 0 Å². The molecule has 3 N–H and O–H groups in total. The summed E-state index contributed by atoms with van der Waals surface area (Å²) in [4.78, 5) is 25.5. The summed E-state index contributed by atoms with van der Waals surface area (Å²) in [6.45, 7) is 6.05. The predicted octanol–water partition coefficient (Wildman–Crippen LogP) is -0.133. The first kappa shape index (κ1) is 15.9. The third-order valence-electron chi connectivity index (χ3n) is 3.18. The summed E-state index contributed by atoms with van der Waals surface area (Å²) in [6, 6.07) is -0.630. The molecule has 1 saturated heterocycles. The van der Waals surface area contributed by atoms with Gasteiger partial charge in [-0.3, -0.25) is 9.59 Å². The molecule has 2 atom stereocenters. The van der Waals surface area contributed by atoms with E-state index in [2.05, 4.69) is 5.32 Å². The van der Waals surface area contributed by atoms with E-state index in [9.17, 15) is 9.59 Å². The lowest BCUT2D eigenvalue weighted by atomic mass is 10.1. The van der Waals surface area contributed by atoms with Crippen molar-refractivity contribution < 1.29 is 14.3 Å². The molecule has 0 aromatic carbocycles. The van der Waals surface area contributed by atoms with E-state index in [0.29, 0.717) is 26.3 Å². The molecule has 1 heterocycles. The van der Waals surface area contributed by atoms with Crippen LogP contribution in [-0.2, 0) is 14.3 Å². The van der Waals surface area contributed by atoms with Crippen LogP contribution < -0.4 is 11.1 Å². The highest BCUT2D eigenvalue weighted by atomic mass is 16.5. The van der Waals surface area contributed by atoms with E-state index in [-0.39, 0.29) is 24.3 Å². The fourth-order valence-electron chi connectivity index (χ4n) is 2.13. The van der Waals surface area contributed by atoms with Crippen molar-refractivity contribution in [1.29, 1.82) is 0 Å². The molecule has 0 radical (unpaired) electrons. The molecule has 110 valence electrons. The van der Waals surface area contributed by atoms with Gasteiger partial charge in [-0.1, -0.05) is 13.3 Å². The van der Waals surface area contributed by atoms with Crippen LogP contribution in [-0.4, -0.2) is 55.1 Å². The van der Waals surface area contributed by atoms with Gasteiger partial charge in [-0.25, -0.2) is 0 Å². The highest BCUT2D eigenvalue weighted by Gasteiger charge is 2.23. The van der Waals surface area contributed by atoms with Crippen molar-refractivity contribution in [2.24, 2.45) is 5.73 Å². The van der Waals surface area contributed by atoms with Gasteiger partial charge in [-0.15, -0.1) is 0 Å². The number of nitrogens with one attached hydrogen (secondary N) is 1. The van der Waals surface area contributed by atoms with Gasteiger partial charge < -0.3 is 20.7 Å². The van der Waals surface area contributed by atoms with Gasteiger partial charge in [0.2, 0.25) is 11.8 Å². The Morgan fingerprint density at radius 2 is 2.00 bits per heavy atom. The average Bonchev–Trinajstić information content (AvgIpc) is 2.38. The number of nitrogens with zero attached hydrogens (tertiary/aromatic N) is 1. The lowest BCUT2D eigenvalue weighted by Crippen LogP contribution is -2.51. The zero-order valence-electron chi connectivity index (χ0n) is 11.9. The molecule has 19 heavy (non-hydrogen) atoms. The quantitative estimate of drug-likeness (QED) is 0.704. The van der Waals surface area contributed by atoms with E-state index in [0.717, 1.165) is 12.8 Å². The molecule has 1 rings (SSSR count). The van der Waals surface area contributed by atoms with Gasteiger partial charge in [0.05, 0.1) is 13.2 Å². The lowest BCUT2D eigenvalue weighted by Gasteiger charge is -2.29. The molecule has 6 nitrogen and oxygen atoms in total. The Hall–Kier alpha value is -1.14. The van der Waals surface area contributed by atoms with Crippen molar-refractivity contribution in [3.8, 4) is 0 Å². The van der Waals surface area contributed by atoms with Crippen molar-refractivity contribution in [3.05, 3.63) is 0 Å². The summed E-state index contributed by atoms with van der Waals surface area (Å²) in [5.41, 5.74) is 5.81. The van der Waals surface area contributed by atoms with Crippen molar-refractivity contribution >= 4 is 11.8 Å². The number of rotatable bonds is 6. The van der Waals surface area contributed by atoms with Crippen molar-refractivity contribution in [2.75, 3.05) is 26.3 Å². The maximum Gasteiger partial charge on any atom is 0.245 e. The number of nitrogens with two attached hydrogens (primary N) is 1. The molecule has 2 unspecified atom stereocenters. The van der Waals surface area contributed by atoms with Crippen molar-refractivity contribution in [3.63, 3.8) is 0 Å². The molecular weight excluding hydrogens is 246 g/mol. The minimum Gasteiger partial charge on any atom is -0.378 e. The summed E-state index contributed by atoms with van der Waals surface area (Å²) >= 11 is 0. The third kappa shape index (κ3) is 5.57.